The second-order valence-corrected chi connectivity index (χ2v) is 8.31. The molecule has 2 aromatic heterocycles. The van der Waals surface area contributed by atoms with Crippen LogP contribution >= 0.6 is 11.6 Å². The summed E-state index contributed by atoms with van der Waals surface area (Å²) in [7, 11) is 0. The zero-order chi connectivity index (χ0) is 22.7. The minimum absolute atomic E-state index is 0.0415. The van der Waals surface area contributed by atoms with Crippen molar-refractivity contribution in [3.05, 3.63) is 88.8 Å². The van der Waals surface area contributed by atoms with Crippen LogP contribution in [-0.4, -0.2) is 25.5 Å². The zero-order valence-corrected chi connectivity index (χ0v) is 19.2. The van der Waals surface area contributed by atoms with E-state index in [-0.39, 0.29) is 11.8 Å². The van der Waals surface area contributed by atoms with Gasteiger partial charge >= 0.3 is 0 Å². The van der Waals surface area contributed by atoms with E-state index in [1.807, 2.05) is 92.3 Å². The standard InChI is InChI=1S/C25H26ClN5O/c1-17(15-30-19(3)23(26)18(2)28-30)25(32)27-14-21-16-31(22-12-8-5-9-13-22)29-24(21)20-10-6-4-7-11-20/h4-13,16-17H,14-15H2,1-3H3,(H,27,32). The number of nitrogens with one attached hydrogen (secondary N) is 1. The molecule has 4 aromatic rings. The third-order valence-electron chi connectivity index (χ3n) is 5.50. The van der Waals surface area contributed by atoms with E-state index in [1.165, 1.54) is 0 Å². The van der Waals surface area contributed by atoms with Gasteiger partial charge in [0.2, 0.25) is 5.91 Å². The van der Waals surface area contributed by atoms with Gasteiger partial charge in [-0.05, 0) is 26.0 Å². The van der Waals surface area contributed by atoms with Gasteiger partial charge in [-0.3, -0.25) is 9.48 Å². The number of rotatable bonds is 7. The maximum absolute atomic E-state index is 12.8. The molecule has 0 bridgehead atoms. The maximum atomic E-state index is 12.8. The number of para-hydroxylation sites is 1. The highest BCUT2D eigenvalue weighted by molar-refractivity contribution is 6.31. The Bertz CT molecular complexity index is 1210. The number of carbonyl (C=O) groups is 1. The Morgan fingerprint density at radius 3 is 2.31 bits per heavy atom. The van der Waals surface area contributed by atoms with Crippen molar-refractivity contribution in [3.8, 4) is 16.9 Å². The number of hydrogen-bond acceptors (Lipinski definition) is 3. The lowest BCUT2D eigenvalue weighted by Gasteiger charge is -2.13. The summed E-state index contributed by atoms with van der Waals surface area (Å²) >= 11 is 6.24. The molecule has 0 saturated carbocycles. The van der Waals surface area contributed by atoms with Crippen molar-refractivity contribution < 1.29 is 4.79 Å². The van der Waals surface area contributed by atoms with Crippen molar-refractivity contribution in [1.29, 1.82) is 0 Å². The summed E-state index contributed by atoms with van der Waals surface area (Å²) in [6, 6.07) is 20.0. The molecule has 32 heavy (non-hydrogen) atoms. The summed E-state index contributed by atoms with van der Waals surface area (Å²) in [5.74, 6) is -0.298. The smallest absolute Gasteiger partial charge is 0.224 e. The molecule has 0 aliphatic carbocycles. The van der Waals surface area contributed by atoms with Crippen LogP contribution in [0.25, 0.3) is 16.9 Å². The van der Waals surface area contributed by atoms with E-state index in [9.17, 15) is 4.79 Å². The van der Waals surface area contributed by atoms with Gasteiger partial charge in [0.15, 0.2) is 0 Å². The fourth-order valence-electron chi connectivity index (χ4n) is 3.64. The summed E-state index contributed by atoms with van der Waals surface area (Å²) < 4.78 is 3.65. The van der Waals surface area contributed by atoms with Crippen molar-refractivity contribution in [2.24, 2.45) is 5.92 Å². The van der Waals surface area contributed by atoms with Crippen molar-refractivity contribution in [3.63, 3.8) is 0 Å². The Kier molecular flexibility index (Phi) is 6.42. The molecule has 2 aromatic carbocycles. The van der Waals surface area contributed by atoms with Gasteiger partial charge in [0.1, 0.15) is 0 Å². The van der Waals surface area contributed by atoms with Crippen LogP contribution in [-0.2, 0) is 17.9 Å². The number of amides is 1. The zero-order valence-electron chi connectivity index (χ0n) is 18.4. The lowest BCUT2D eigenvalue weighted by atomic mass is 10.1. The number of nitrogens with zero attached hydrogens (tertiary/aromatic N) is 4. The molecule has 0 spiro atoms. The van der Waals surface area contributed by atoms with E-state index in [0.717, 1.165) is 33.9 Å². The van der Waals surface area contributed by atoms with Gasteiger partial charge in [0.25, 0.3) is 0 Å². The molecule has 1 unspecified atom stereocenters. The molecule has 0 fully saturated rings. The predicted molar refractivity (Wildman–Crippen MR) is 127 cm³/mol. The Balaban J connectivity index is 1.52. The number of benzene rings is 2. The molecule has 6 nitrogen and oxygen atoms in total. The predicted octanol–water partition coefficient (Wildman–Crippen LogP) is 4.96. The monoisotopic (exact) mass is 447 g/mol. The minimum Gasteiger partial charge on any atom is -0.352 e. The van der Waals surface area contributed by atoms with Crippen LogP contribution in [0.15, 0.2) is 66.9 Å². The Hall–Kier alpha value is -3.38. The van der Waals surface area contributed by atoms with Gasteiger partial charge in [-0.1, -0.05) is 67.1 Å². The highest BCUT2D eigenvalue weighted by Crippen LogP contribution is 2.24. The molecule has 1 atom stereocenters. The average Bonchev–Trinajstić information content (AvgIpc) is 3.35. The maximum Gasteiger partial charge on any atom is 0.224 e. The van der Waals surface area contributed by atoms with Crippen LogP contribution in [0.5, 0.6) is 0 Å². The Morgan fingerprint density at radius 1 is 1.03 bits per heavy atom. The van der Waals surface area contributed by atoms with E-state index in [0.29, 0.717) is 18.1 Å². The van der Waals surface area contributed by atoms with Crippen molar-refractivity contribution in [2.45, 2.75) is 33.9 Å². The van der Waals surface area contributed by atoms with Crippen LogP contribution in [0.2, 0.25) is 5.02 Å². The van der Waals surface area contributed by atoms with Gasteiger partial charge in [0.05, 0.1) is 40.3 Å². The molecule has 0 aliphatic rings. The minimum atomic E-state index is -0.256. The number of aromatic nitrogens is 4. The summed E-state index contributed by atoms with van der Waals surface area (Å²) in [6.07, 6.45) is 1.98. The van der Waals surface area contributed by atoms with Crippen LogP contribution < -0.4 is 5.32 Å². The molecule has 1 N–H and O–H groups in total. The summed E-state index contributed by atoms with van der Waals surface area (Å²) in [5, 5.41) is 13.0. The quantitative estimate of drug-likeness (QED) is 0.435. The molecule has 7 heteroatoms. The van der Waals surface area contributed by atoms with Crippen LogP contribution in [0.3, 0.4) is 0 Å². The summed E-state index contributed by atoms with van der Waals surface area (Å²) in [5.41, 5.74) is 5.44. The molecular formula is C25H26ClN5O. The van der Waals surface area contributed by atoms with Crippen molar-refractivity contribution >= 4 is 17.5 Å². The average molecular weight is 448 g/mol. The van der Waals surface area contributed by atoms with Crippen LogP contribution in [0, 0.1) is 19.8 Å². The molecule has 1 amide bonds. The van der Waals surface area contributed by atoms with Crippen molar-refractivity contribution in [1.82, 2.24) is 24.9 Å². The highest BCUT2D eigenvalue weighted by Gasteiger charge is 2.19. The lowest BCUT2D eigenvalue weighted by molar-refractivity contribution is -0.125. The fraction of sp³-hybridized carbons (Fsp3) is 0.240. The van der Waals surface area contributed by atoms with Gasteiger partial charge in [-0.25, -0.2) is 4.68 Å². The second-order valence-electron chi connectivity index (χ2n) is 7.93. The SMILES string of the molecule is Cc1nn(CC(C)C(=O)NCc2cn(-c3ccccc3)nc2-c2ccccc2)c(C)c1Cl. The van der Waals surface area contributed by atoms with E-state index in [1.54, 1.807) is 4.68 Å². The van der Waals surface area contributed by atoms with Crippen molar-refractivity contribution in [2.75, 3.05) is 0 Å². The first kappa shape index (κ1) is 21.8. The first-order valence-electron chi connectivity index (χ1n) is 10.6. The number of aryl methyl sites for hydroxylation is 1. The van der Waals surface area contributed by atoms with Gasteiger partial charge in [-0.2, -0.15) is 10.2 Å². The molecule has 164 valence electrons. The summed E-state index contributed by atoms with van der Waals surface area (Å²) in [4.78, 5) is 12.8. The molecule has 2 heterocycles. The second kappa shape index (κ2) is 9.40. The molecular weight excluding hydrogens is 422 g/mol. The number of halogens is 1. The highest BCUT2D eigenvalue weighted by atomic mass is 35.5. The first-order chi connectivity index (χ1) is 15.4. The number of carbonyl (C=O) groups excluding carboxylic acids is 1. The largest absolute Gasteiger partial charge is 0.352 e. The molecule has 0 aliphatic heterocycles. The fourth-order valence-corrected chi connectivity index (χ4v) is 3.78. The normalized spacial score (nSPS) is 12.0. The lowest BCUT2D eigenvalue weighted by Crippen LogP contribution is -2.31. The first-order valence-corrected chi connectivity index (χ1v) is 11.0. The third-order valence-corrected chi connectivity index (χ3v) is 6.05. The van der Waals surface area contributed by atoms with Crippen LogP contribution in [0.1, 0.15) is 23.9 Å². The van der Waals surface area contributed by atoms with E-state index in [4.69, 9.17) is 16.7 Å². The molecule has 0 radical (unpaired) electrons. The molecule has 4 rings (SSSR count). The topological polar surface area (TPSA) is 64.7 Å². The van der Waals surface area contributed by atoms with Gasteiger partial charge < -0.3 is 5.32 Å². The number of hydrogen-bond donors (Lipinski definition) is 1. The summed E-state index contributed by atoms with van der Waals surface area (Å²) in [6.45, 7) is 6.53. The van der Waals surface area contributed by atoms with Gasteiger partial charge in [-0.15, -0.1) is 0 Å². The molecule has 0 saturated heterocycles. The van der Waals surface area contributed by atoms with E-state index < -0.39 is 0 Å². The van der Waals surface area contributed by atoms with E-state index >= 15 is 0 Å². The Labute approximate surface area is 192 Å². The van der Waals surface area contributed by atoms with Gasteiger partial charge in [0, 0.05) is 23.9 Å². The Morgan fingerprint density at radius 2 is 1.69 bits per heavy atom. The van der Waals surface area contributed by atoms with Crippen LogP contribution in [0.4, 0.5) is 0 Å². The van der Waals surface area contributed by atoms with E-state index in [2.05, 4.69) is 10.4 Å². The third kappa shape index (κ3) is 4.60.